The normalized spacial score (nSPS) is 10.7. The molecule has 0 atom stereocenters. The first-order valence-electron chi connectivity index (χ1n) is 6.89. The zero-order valence-corrected chi connectivity index (χ0v) is 13.2. The van der Waals surface area contributed by atoms with E-state index in [4.69, 9.17) is 4.74 Å². The Balaban J connectivity index is 1.90. The molecule has 0 aliphatic rings. The molecular formula is C15H15N3O4S. The van der Waals surface area contributed by atoms with Crippen LogP contribution in [0.2, 0.25) is 0 Å². The number of rotatable bonds is 7. The lowest BCUT2D eigenvalue weighted by atomic mass is 10.2. The molecule has 0 spiro atoms. The van der Waals surface area contributed by atoms with Crippen molar-refractivity contribution in [2.24, 2.45) is 5.10 Å². The number of hydrogen-bond donors (Lipinski definition) is 1. The molecule has 0 unspecified atom stereocenters. The van der Waals surface area contributed by atoms with E-state index in [0.29, 0.717) is 22.8 Å². The number of ether oxygens (including phenoxy) is 1. The molecule has 120 valence electrons. The van der Waals surface area contributed by atoms with E-state index >= 15 is 0 Å². The van der Waals surface area contributed by atoms with Gasteiger partial charge in [-0.1, -0.05) is 6.92 Å². The van der Waals surface area contributed by atoms with E-state index in [1.165, 1.54) is 29.0 Å². The van der Waals surface area contributed by atoms with E-state index in [-0.39, 0.29) is 11.6 Å². The molecular weight excluding hydrogens is 318 g/mol. The Morgan fingerprint density at radius 1 is 1.43 bits per heavy atom. The van der Waals surface area contributed by atoms with Gasteiger partial charge in [0.25, 0.3) is 11.6 Å². The number of thiophene rings is 1. The molecule has 1 heterocycles. The van der Waals surface area contributed by atoms with E-state index in [2.05, 4.69) is 10.5 Å². The van der Waals surface area contributed by atoms with Crippen LogP contribution in [0.5, 0.6) is 5.75 Å². The highest BCUT2D eigenvalue weighted by Crippen LogP contribution is 2.19. The predicted molar refractivity (Wildman–Crippen MR) is 88.3 cm³/mol. The van der Waals surface area contributed by atoms with Crippen molar-refractivity contribution in [2.75, 3.05) is 6.61 Å². The first-order valence-corrected chi connectivity index (χ1v) is 7.77. The summed E-state index contributed by atoms with van der Waals surface area (Å²) in [5.74, 6) is 0.340. The molecule has 0 saturated carbocycles. The molecule has 8 heteroatoms. The summed E-state index contributed by atoms with van der Waals surface area (Å²) in [5, 5.41) is 15.8. The first kappa shape index (κ1) is 16.6. The summed E-state index contributed by atoms with van der Waals surface area (Å²) in [6.45, 7) is 2.64. The lowest BCUT2D eigenvalue weighted by Crippen LogP contribution is -2.17. The maximum Gasteiger partial charge on any atom is 0.280 e. The molecule has 23 heavy (non-hydrogen) atoms. The van der Waals surface area contributed by atoms with Crippen LogP contribution in [0.4, 0.5) is 5.69 Å². The summed E-state index contributed by atoms with van der Waals surface area (Å²) >= 11 is 1.18. The number of nitrogens with one attached hydrogen (secondary N) is 1. The number of benzene rings is 1. The van der Waals surface area contributed by atoms with Gasteiger partial charge in [0.05, 0.1) is 28.0 Å². The Hall–Kier alpha value is -2.74. The highest BCUT2D eigenvalue weighted by Gasteiger charge is 2.08. The van der Waals surface area contributed by atoms with Gasteiger partial charge in [-0.3, -0.25) is 14.9 Å². The van der Waals surface area contributed by atoms with Crippen molar-refractivity contribution in [3.63, 3.8) is 0 Å². The maximum absolute atomic E-state index is 11.9. The number of amides is 1. The number of carbonyl (C=O) groups is 1. The Kier molecular flexibility index (Phi) is 5.81. The highest BCUT2D eigenvalue weighted by atomic mass is 32.1. The molecule has 2 rings (SSSR count). The molecule has 0 aliphatic carbocycles. The molecule has 1 N–H and O–H groups in total. The van der Waals surface area contributed by atoms with Crippen LogP contribution in [0.3, 0.4) is 0 Å². The van der Waals surface area contributed by atoms with Crippen molar-refractivity contribution < 1.29 is 14.5 Å². The number of carbonyl (C=O) groups excluding carboxylic acids is 1. The van der Waals surface area contributed by atoms with Gasteiger partial charge in [0.1, 0.15) is 5.75 Å². The van der Waals surface area contributed by atoms with Crippen LogP contribution in [0.25, 0.3) is 0 Å². The second kappa shape index (κ2) is 8.04. The zero-order chi connectivity index (χ0) is 16.7. The first-order chi connectivity index (χ1) is 11.1. The SMILES string of the molecule is CCCOc1ccc(C(=O)NN=Cc2cc([N+](=O)[O-])cs2)cc1. The van der Waals surface area contributed by atoms with Gasteiger partial charge in [-0.25, -0.2) is 5.43 Å². The second-order valence-corrected chi connectivity index (χ2v) is 5.48. The molecule has 0 saturated heterocycles. The van der Waals surface area contributed by atoms with Gasteiger partial charge in [0.15, 0.2) is 0 Å². The van der Waals surface area contributed by atoms with Crippen LogP contribution in [-0.2, 0) is 0 Å². The topological polar surface area (TPSA) is 93.8 Å². The summed E-state index contributed by atoms with van der Waals surface area (Å²) in [6.07, 6.45) is 2.28. The van der Waals surface area contributed by atoms with Crippen LogP contribution in [-0.4, -0.2) is 23.7 Å². The largest absolute Gasteiger partial charge is 0.494 e. The van der Waals surface area contributed by atoms with Gasteiger partial charge >= 0.3 is 0 Å². The van der Waals surface area contributed by atoms with E-state index in [1.54, 1.807) is 24.3 Å². The van der Waals surface area contributed by atoms with E-state index in [1.807, 2.05) is 6.92 Å². The van der Waals surface area contributed by atoms with Crippen molar-refractivity contribution in [1.29, 1.82) is 0 Å². The van der Waals surface area contributed by atoms with E-state index in [0.717, 1.165) is 6.42 Å². The Bertz CT molecular complexity index is 710. The van der Waals surface area contributed by atoms with Crippen LogP contribution < -0.4 is 10.2 Å². The van der Waals surface area contributed by atoms with Gasteiger partial charge in [-0.15, -0.1) is 11.3 Å². The molecule has 1 aromatic heterocycles. The molecule has 2 aromatic rings. The molecule has 7 nitrogen and oxygen atoms in total. The zero-order valence-electron chi connectivity index (χ0n) is 12.4. The van der Waals surface area contributed by atoms with Crippen molar-refractivity contribution in [1.82, 2.24) is 5.43 Å². The standard InChI is InChI=1S/C15H15N3O4S/c1-2-7-22-13-5-3-11(4-6-13)15(19)17-16-9-14-8-12(10-23-14)18(20)21/h3-6,8-10H,2,7H2,1H3,(H,17,19). The van der Waals surface area contributed by atoms with Gasteiger partial charge in [0, 0.05) is 11.6 Å². The minimum atomic E-state index is -0.478. The average Bonchev–Trinajstić information content (AvgIpc) is 3.02. The van der Waals surface area contributed by atoms with Crippen LogP contribution in [0, 0.1) is 10.1 Å². The van der Waals surface area contributed by atoms with Gasteiger partial charge in [-0.2, -0.15) is 5.10 Å². The molecule has 1 aromatic carbocycles. The van der Waals surface area contributed by atoms with Gasteiger partial charge in [0.2, 0.25) is 0 Å². The fourth-order valence-electron chi connectivity index (χ4n) is 1.65. The molecule has 0 radical (unpaired) electrons. The minimum absolute atomic E-state index is 0.00504. The summed E-state index contributed by atoms with van der Waals surface area (Å²) in [6, 6.07) is 8.12. The Morgan fingerprint density at radius 3 is 2.78 bits per heavy atom. The lowest BCUT2D eigenvalue weighted by molar-refractivity contribution is -0.384. The summed E-state index contributed by atoms with van der Waals surface area (Å²) in [4.78, 5) is 22.6. The average molecular weight is 333 g/mol. The predicted octanol–water partition coefficient (Wildman–Crippen LogP) is 3.21. The quantitative estimate of drug-likeness (QED) is 0.478. The summed E-state index contributed by atoms with van der Waals surface area (Å²) in [5.41, 5.74) is 2.83. The fraction of sp³-hybridized carbons (Fsp3) is 0.200. The molecule has 0 aliphatic heterocycles. The third-order valence-electron chi connectivity index (χ3n) is 2.76. The number of hydrazone groups is 1. The molecule has 1 amide bonds. The Labute approximate surface area is 136 Å². The highest BCUT2D eigenvalue weighted by molar-refractivity contribution is 7.12. The smallest absolute Gasteiger partial charge is 0.280 e. The van der Waals surface area contributed by atoms with Crippen molar-refractivity contribution >= 4 is 29.1 Å². The van der Waals surface area contributed by atoms with E-state index < -0.39 is 4.92 Å². The summed E-state index contributed by atoms with van der Waals surface area (Å²) < 4.78 is 5.44. The van der Waals surface area contributed by atoms with Crippen LogP contribution in [0.1, 0.15) is 28.6 Å². The third-order valence-corrected chi connectivity index (χ3v) is 3.62. The minimum Gasteiger partial charge on any atom is -0.494 e. The van der Waals surface area contributed by atoms with Crippen LogP contribution >= 0.6 is 11.3 Å². The third kappa shape index (κ3) is 4.89. The lowest BCUT2D eigenvalue weighted by Gasteiger charge is -2.05. The van der Waals surface area contributed by atoms with Gasteiger partial charge in [-0.05, 0) is 30.7 Å². The molecule has 0 bridgehead atoms. The fourth-order valence-corrected chi connectivity index (χ4v) is 2.36. The number of nitrogens with zero attached hydrogens (tertiary/aromatic N) is 2. The van der Waals surface area contributed by atoms with Crippen molar-refractivity contribution in [3.05, 3.63) is 56.3 Å². The monoisotopic (exact) mass is 333 g/mol. The Morgan fingerprint density at radius 2 is 2.17 bits per heavy atom. The van der Waals surface area contributed by atoms with Crippen LogP contribution in [0.15, 0.2) is 40.8 Å². The summed E-state index contributed by atoms with van der Waals surface area (Å²) in [7, 11) is 0. The second-order valence-electron chi connectivity index (χ2n) is 4.54. The van der Waals surface area contributed by atoms with Crippen molar-refractivity contribution in [3.8, 4) is 5.75 Å². The van der Waals surface area contributed by atoms with Crippen molar-refractivity contribution in [2.45, 2.75) is 13.3 Å². The number of hydrogen-bond acceptors (Lipinski definition) is 6. The van der Waals surface area contributed by atoms with E-state index in [9.17, 15) is 14.9 Å². The molecule has 0 fully saturated rings. The van der Waals surface area contributed by atoms with Gasteiger partial charge < -0.3 is 4.74 Å². The maximum atomic E-state index is 11.9. The number of nitro groups is 1.